The van der Waals surface area contributed by atoms with Crippen LogP contribution in [0.1, 0.15) is 25.5 Å². The average Bonchev–Trinajstić information content (AvgIpc) is 2.82. The lowest BCUT2D eigenvalue weighted by atomic mass is 10.0. The van der Waals surface area contributed by atoms with Crippen molar-refractivity contribution in [2.45, 2.75) is 26.4 Å². The van der Waals surface area contributed by atoms with Crippen molar-refractivity contribution in [1.29, 1.82) is 0 Å². The SMILES string of the molecule is CCn1ncc(C(C)N)c1-c1ccc(OC)cc1. The van der Waals surface area contributed by atoms with E-state index in [1.165, 1.54) is 0 Å². The predicted octanol–water partition coefficient (Wildman–Crippen LogP) is 2.60. The molecule has 1 aromatic heterocycles. The zero-order chi connectivity index (χ0) is 13.1. The molecule has 2 aromatic rings. The molecule has 1 aromatic carbocycles. The van der Waals surface area contributed by atoms with Gasteiger partial charge in [-0.2, -0.15) is 5.10 Å². The molecule has 4 nitrogen and oxygen atoms in total. The minimum Gasteiger partial charge on any atom is -0.497 e. The third kappa shape index (κ3) is 2.24. The summed E-state index contributed by atoms with van der Waals surface area (Å²) >= 11 is 0. The van der Waals surface area contributed by atoms with Crippen LogP contribution >= 0.6 is 0 Å². The second-order valence-electron chi connectivity index (χ2n) is 4.28. The molecule has 0 bridgehead atoms. The summed E-state index contributed by atoms with van der Waals surface area (Å²) in [6.07, 6.45) is 1.85. The minimum absolute atomic E-state index is 0.0256. The van der Waals surface area contributed by atoms with Crippen LogP contribution in [0, 0.1) is 0 Å². The molecule has 0 spiro atoms. The van der Waals surface area contributed by atoms with E-state index in [0.717, 1.165) is 29.1 Å². The third-order valence-corrected chi connectivity index (χ3v) is 3.02. The van der Waals surface area contributed by atoms with E-state index in [1.54, 1.807) is 7.11 Å². The molecule has 0 aliphatic rings. The summed E-state index contributed by atoms with van der Waals surface area (Å²) in [6.45, 7) is 4.88. The van der Waals surface area contributed by atoms with Gasteiger partial charge in [-0.3, -0.25) is 4.68 Å². The minimum atomic E-state index is -0.0256. The molecule has 0 aliphatic carbocycles. The van der Waals surface area contributed by atoms with Crippen molar-refractivity contribution in [2.75, 3.05) is 7.11 Å². The van der Waals surface area contributed by atoms with E-state index in [1.807, 2.05) is 42.1 Å². The number of hydrogen-bond acceptors (Lipinski definition) is 3. The molecule has 1 atom stereocenters. The molecule has 0 amide bonds. The molecular formula is C14H19N3O. The van der Waals surface area contributed by atoms with Gasteiger partial charge in [0.05, 0.1) is 19.0 Å². The highest BCUT2D eigenvalue weighted by molar-refractivity contribution is 5.64. The first kappa shape index (κ1) is 12.6. The summed E-state index contributed by atoms with van der Waals surface area (Å²) < 4.78 is 7.15. The second kappa shape index (κ2) is 5.23. The van der Waals surface area contributed by atoms with Crippen LogP contribution in [0.5, 0.6) is 5.75 Å². The molecule has 0 fully saturated rings. The maximum absolute atomic E-state index is 6.00. The molecule has 2 rings (SSSR count). The van der Waals surface area contributed by atoms with E-state index in [4.69, 9.17) is 10.5 Å². The van der Waals surface area contributed by atoms with Crippen LogP contribution in [-0.2, 0) is 6.54 Å². The van der Waals surface area contributed by atoms with Crippen LogP contribution in [0.15, 0.2) is 30.5 Å². The Hall–Kier alpha value is -1.81. The molecule has 0 saturated heterocycles. The normalized spacial score (nSPS) is 12.4. The van der Waals surface area contributed by atoms with Crippen LogP contribution in [0.4, 0.5) is 0 Å². The van der Waals surface area contributed by atoms with E-state index in [0.29, 0.717) is 0 Å². The first-order valence-corrected chi connectivity index (χ1v) is 6.13. The number of methoxy groups -OCH3 is 1. The van der Waals surface area contributed by atoms with Crippen molar-refractivity contribution in [3.8, 4) is 17.0 Å². The monoisotopic (exact) mass is 245 g/mol. The Bertz CT molecular complexity index is 514. The molecule has 1 unspecified atom stereocenters. The van der Waals surface area contributed by atoms with Crippen molar-refractivity contribution in [2.24, 2.45) is 5.73 Å². The maximum atomic E-state index is 6.00. The van der Waals surface area contributed by atoms with Crippen molar-refractivity contribution in [3.05, 3.63) is 36.0 Å². The Balaban J connectivity index is 2.50. The highest BCUT2D eigenvalue weighted by Crippen LogP contribution is 2.28. The van der Waals surface area contributed by atoms with Gasteiger partial charge in [-0.25, -0.2) is 0 Å². The summed E-state index contributed by atoms with van der Waals surface area (Å²) in [5.41, 5.74) is 9.28. The molecule has 0 saturated carbocycles. The van der Waals surface area contributed by atoms with Crippen LogP contribution in [0.3, 0.4) is 0 Å². The van der Waals surface area contributed by atoms with E-state index in [9.17, 15) is 0 Å². The summed E-state index contributed by atoms with van der Waals surface area (Å²) in [5, 5.41) is 4.38. The molecule has 1 heterocycles. The molecule has 18 heavy (non-hydrogen) atoms. The standard InChI is InChI=1S/C14H19N3O/c1-4-17-14(13(9-16-17)10(2)15)11-5-7-12(18-3)8-6-11/h5-10H,4,15H2,1-3H3. The molecular weight excluding hydrogens is 226 g/mol. The Morgan fingerprint density at radius 2 is 2.00 bits per heavy atom. The molecule has 96 valence electrons. The van der Waals surface area contributed by atoms with E-state index >= 15 is 0 Å². The quantitative estimate of drug-likeness (QED) is 0.900. The molecule has 0 aliphatic heterocycles. The maximum Gasteiger partial charge on any atom is 0.118 e. The van der Waals surface area contributed by atoms with Crippen molar-refractivity contribution >= 4 is 0 Å². The Labute approximate surface area is 107 Å². The smallest absolute Gasteiger partial charge is 0.118 e. The fraction of sp³-hybridized carbons (Fsp3) is 0.357. The highest BCUT2D eigenvalue weighted by atomic mass is 16.5. The summed E-state index contributed by atoms with van der Waals surface area (Å²) in [5.74, 6) is 0.851. The van der Waals surface area contributed by atoms with Gasteiger partial charge in [-0.15, -0.1) is 0 Å². The zero-order valence-electron chi connectivity index (χ0n) is 11.1. The lowest BCUT2D eigenvalue weighted by Gasteiger charge is -2.11. The number of nitrogens with two attached hydrogens (primary N) is 1. The number of rotatable bonds is 4. The zero-order valence-corrected chi connectivity index (χ0v) is 11.1. The number of aryl methyl sites for hydroxylation is 1. The summed E-state index contributed by atoms with van der Waals surface area (Å²) in [4.78, 5) is 0. The van der Waals surface area contributed by atoms with Crippen LogP contribution in [0.2, 0.25) is 0 Å². The van der Waals surface area contributed by atoms with Crippen LogP contribution in [-0.4, -0.2) is 16.9 Å². The van der Waals surface area contributed by atoms with Crippen molar-refractivity contribution in [3.63, 3.8) is 0 Å². The van der Waals surface area contributed by atoms with Gasteiger partial charge < -0.3 is 10.5 Å². The lowest BCUT2D eigenvalue weighted by Crippen LogP contribution is -2.07. The fourth-order valence-corrected chi connectivity index (χ4v) is 2.04. The number of ether oxygens (including phenoxy) is 1. The number of hydrogen-bond donors (Lipinski definition) is 1. The molecule has 0 radical (unpaired) electrons. The second-order valence-corrected chi connectivity index (χ2v) is 4.28. The fourth-order valence-electron chi connectivity index (χ4n) is 2.04. The molecule has 4 heteroatoms. The Morgan fingerprint density at radius 1 is 1.33 bits per heavy atom. The summed E-state index contributed by atoms with van der Waals surface area (Å²) in [7, 11) is 1.67. The summed E-state index contributed by atoms with van der Waals surface area (Å²) in [6, 6.07) is 7.95. The van der Waals surface area contributed by atoms with Gasteiger partial charge in [-0.1, -0.05) is 0 Å². The third-order valence-electron chi connectivity index (χ3n) is 3.02. The van der Waals surface area contributed by atoms with Gasteiger partial charge in [0.25, 0.3) is 0 Å². The van der Waals surface area contributed by atoms with Gasteiger partial charge in [0.2, 0.25) is 0 Å². The number of nitrogens with zero attached hydrogens (tertiary/aromatic N) is 2. The van der Waals surface area contributed by atoms with Gasteiger partial charge in [-0.05, 0) is 38.1 Å². The van der Waals surface area contributed by atoms with Crippen LogP contribution in [0.25, 0.3) is 11.3 Å². The van der Waals surface area contributed by atoms with Crippen LogP contribution < -0.4 is 10.5 Å². The van der Waals surface area contributed by atoms with E-state index in [2.05, 4.69) is 12.0 Å². The molecule has 2 N–H and O–H groups in total. The first-order valence-electron chi connectivity index (χ1n) is 6.13. The van der Waals surface area contributed by atoms with E-state index in [-0.39, 0.29) is 6.04 Å². The van der Waals surface area contributed by atoms with Gasteiger partial charge >= 0.3 is 0 Å². The topological polar surface area (TPSA) is 53.1 Å². The Kier molecular flexibility index (Phi) is 3.67. The van der Waals surface area contributed by atoms with Gasteiger partial charge in [0.1, 0.15) is 5.75 Å². The van der Waals surface area contributed by atoms with E-state index < -0.39 is 0 Å². The Morgan fingerprint density at radius 3 is 2.50 bits per heavy atom. The lowest BCUT2D eigenvalue weighted by molar-refractivity contribution is 0.415. The number of aromatic nitrogens is 2. The van der Waals surface area contributed by atoms with Gasteiger partial charge in [0, 0.05) is 23.7 Å². The van der Waals surface area contributed by atoms with Gasteiger partial charge in [0.15, 0.2) is 0 Å². The average molecular weight is 245 g/mol. The highest BCUT2D eigenvalue weighted by Gasteiger charge is 2.14. The van der Waals surface area contributed by atoms with Crippen molar-refractivity contribution < 1.29 is 4.74 Å². The predicted molar refractivity (Wildman–Crippen MR) is 72.5 cm³/mol. The van der Waals surface area contributed by atoms with Crippen molar-refractivity contribution in [1.82, 2.24) is 9.78 Å². The largest absolute Gasteiger partial charge is 0.497 e. The number of benzene rings is 1. The first-order chi connectivity index (χ1) is 8.67.